The molecule has 6 nitrogen and oxygen atoms in total. The summed E-state index contributed by atoms with van der Waals surface area (Å²) in [7, 11) is 1.70. The van der Waals surface area contributed by atoms with Gasteiger partial charge in [0.1, 0.15) is 0 Å². The van der Waals surface area contributed by atoms with Crippen LogP contribution in [0.3, 0.4) is 0 Å². The van der Waals surface area contributed by atoms with Crippen molar-refractivity contribution >= 4 is 11.8 Å². The van der Waals surface area contributed by atoms with Gasteiger partial charge in [-0.1, -0.05) is 30.3 Å². The van der Waals surface area contributed by atoms with E-state index in [1.54, 1.807) is 13.3 Å². The summed E-state index contributed by atoms with van der Waals surface area (Å²) in [6, 6.07) is 10.4. The van der Waals surface area contributed by atoms with E-state index in [1.807, 2.05) is 6.07 Å². The molecule has 0 aliphatic rings. The molecule has 6 heteroatoms. The first-order valence-electron chi connectivity index (χ1n) is 7.59. The highest BCUT2D eigenvalue weighted by atomic mass is 16.5. The highest BCUT2D eigenvalue weighted by Gasteiger charge is 2.00. The predicted molar refractivity (Wildman–Crippen MR) is 88.1 cm³/mol. The molecular weight excluding hydrogens is 278 g/mol. The van der Waals surface area contributed by atoms with E-state index in [-0.39, 0.29) is 0 Å². The number of hydrogen-bond donors (Lipinski definition) is 2. The number of methoxy groups -OCH3 is 1. The molecule has 0 unspecified atom stereocenters. The van der Waals surface area contributed by atoms with Crippen LogP contribution in [0.5, 0.6) is 0 Å². The van der Waals surface area contributed by atoms with E-state index < -0.39 is 0 Å². The van der Waals surface area contributed by atoms with Gasteiger partial charge in [0.2, 0.25) is 5.95 Å². The lowest BCUT2D eigenvalue weighted by Gasteiger charge is -2.07. The SMILES string of the molecule is COCCCNc1cnnc(NCCCc2ccccc2)n1. The molecule has 118 valence electrons. The van der Waals surface area contributed by atoms with Gasteiger partial charge in [-0.25, -0.2) is 0 Å². The number of anilines is 2. The normalized spacial score (nSPS) is 10.4. The number of hydrogen-bond acceptors (Lipinski definition) is 6. The minimum atomic E-state index is 0.560. The molecular formula is C16H23N5O. The lowest BCUT2D eigenvalue weighted by Crippen LogP contribution is -2.11. The van der Waals surface area contributed by atoms with Crippen molar-refractivity contribution in [3.05, 3.63) is 42.1 Å². The predicted octanol–water partition coefficient (Wildman–Crippen LogP) is 2.36. The summed E-state index contributed by atoms with van der Waals surface area (Å²) in [4.78, 5) is 4.38. The quantitative estimate of drug-likeness (QED) is 0.656. The third kappa shape index (κ3) is 6.05. The van der Waals surface area contributed by atoms with Crippen LogP contribution in [0.4, 0.5) is 11.8 Å². The second-order valence-corrected chi connectivity index (χ2v) is 4.95. The summed E-state index contributed by atoms with van der Waals surface area (Å²) < 4.78 is 5.00. The van der Waals surface area contributed by atoms with Gasteiger partial charge in [-0.2, -0.15) is 10.1 Å². The number of benzene rings is 1. The van der Waals surface area contributed by atoms with E-state index in [9.17, 15) is 0 Å². The minimum absolute atomic E-state index is 0.560. The highest BCUT2D eigenvalue weighted by molar-refractivity contribution is 5.36. The van der Waals surface area contributed by atoms with Crippen LogP contribution < -0.4 is 10.6 Å². The van der Waals surface area contributed by atoms with Gasteiger partial charge in [-0.15, -0.1) is 5.10 Å². The Bertz CT molecular complexity index is 535. The number of nitrogens with one attached hydrogen (secondary N) is 2. The summed E-state index contributed by atoms with van der Waals surface area (Å²) in [6.45, 7) is 2.36. The Kier molecular flexibility index (Phi) is 7.11. The van der Waals surface area contributed by atoms with Crippen molar-refractivity contribution in [3.8, 4) is 0 Å². The third-order valence-corrected chi connectivity index (χ3v) is 3.16. The largest absolute Gasteiger partial charge is 0.385 e. The second-order valence-electron chi connectivity index (χ2n) is 4.95. The van der Waals surface area contributed by atoms with E-state index in [0.29, 0.717) is 5.95 Å². The molecule has 1 heterocycles. The Morgan fingerprint density at radius 2 is 1.86 bits per heavy atom. The van der Waals surface area contributed by atoms with Gasteiger partial charge >= 0.3 is 0 Å². The average Bonchev–Trinajstić information content (AvgIpc) is 2.57. The monoisotopic (exact) mass is 301 g/mol. The van der Waals surface area contributed by atoms with Crippen molar-refractivity contribution < 1.29 is 4.74 Å². The molecule has 0 fully saturated rings. The number of ether oxygens (including phenoxy) is 1. The second kappa shape index (κ2) is 9.68. The number of nitrogens with zero attached hydrogens (tertiary/aromatic N) is 3. The lowest BCUT2D eigenvalue weighted by molar-refractivity contribution is 0.197. The molecule has 0 spiro atoms. The molecule has 2 N–H and O–H groups in total. The fraction of sp³-hybridized carbons (Fsp3) is 0.438. The van der Waals surface area contributed by atoms with Crippen molar-refractivity contribution in [1.29, 1.82) is 0 Å². The standard InChI is InChI=1S/C16H23N5O/c1-22-12-6-11-17-15-13-19-21-16(20-15)18-10-5-9-14-7-3-2-4-8-14/h2-4,7-8,13H,5-6,9-12H2,1H3,(H2,17,18,20,21). The number of aryl methyl sites for hydroxylation is 1. The van der Waals surface area contributed by atoms with E-state index in [2.05, 4.69) is 50.1 Å². The molecule has 22 heavy (non-hydrogen) atoms. The highest BCUT2D eigenvalue weighted by Crippen LogP contribution is 2.05. The van der Waals surface area contributed by atoms with Gasteiger partial charge in [-0.3, -0.25) is 0 Å². The van der Waals surface area contributed by atoms with Crippen molar-refractivity contribution in [1.82, 2.24) is 15.2 Å². The first kappa shape index (κ1) is 16.2. The van der Waals surface area contributed by atoms with Gasteiger partial charge in [0.25, 0.3) is 0 Å². The zero-order valence-electron chi connectivity index (χ0n) is 13.0. The summed E-state index contributed by atoms with van der Waals surface area (Å²) in [5, 5.41) is 14.4. The summed E-state index contributed by atoms with van der Waals surface area (Å²) in [6.07, 6.45) is 4.62. The van der Waals surface area contributed by atoms with Crippen LogP contribution in [0.1, 0.15) is 18.4 Å². The van der Waals surface area contributed by atoms with Gasteiger partial charge in [0.05, 0.1) is 6.20 Å². The molecule has 0 saturated carbocycles. The Morgan fingerprint density at radius 3 is 2.68 bits per heavy atom. The molecule has 0 aliphatic carbocycles. The molecule has 1 aromatic heterocycles. The Labute approximate surface area is 131 Å². The summed E-state index contributed by atoms with van der Waals surface area (Å²) >= 11 is 0. The molecule has 0 saturated heterocycles. The molecule has 0 amide bonds. The molecule has 2 aromatic rings. The maximum Gasteiger partial charge on any atom is 0.244 e. The Hall–Kier alpha value is -2.21. The third-order valence-electron chi connectivity index (χ3n) is 3.16. The van der Waals surface area contributed by atoms with E-state index in [0.717, 1.165) is 44.8 Å². The molecule has 0 radical (unpaired) electrons. The number of aromatic nitrogens is 3. The summed E-state index contributed by atoms with van der Waals surface area (Å²) in [5.74, 6) is 1.29. The van der Waals surface area contributed by atoms with Crippen molar-refractivity contribution in [2.45, 2.75) is 19.3 Å². The fourth-order valence-electron chi connectivity index (χ4n) is 2.03. The zero-order valence-corrected chi connectivity index (χ0v) is 13.0. The van der Waals surface area contributed by atoms with Gasteiger partial charge in [0, 0.05) is 26.8 Å². The molecule has 0 aliphatic heterocycles. The first-order valence-corrected chi connectivity index (χ1v) is 7.59. The van der Waals surface area contributed by atoms with Gasteiger partial charge in [0.15, 0.2) is 5.82 Å². The van der Waals surface area contributed by atoms with Crippen LogP contribution >= 0.6 is 0 Å². The smallest absolute Gasteiger partial charge is 0.244 e. The van der Waals surface area contributed by atoms with E-state index in [1.165, 1.54) is 5.56 Å². The van der Waals surface area contributed by atoms with Crippen molar-refractivity contribution in [2.24, 2.45) is 0 Å². The van der Waals surface area contributed by atoms with Crippen molar-refractivity contribution in [3.63, 3.8) is 0 Å². The van der Waals surface area contributed by atoms with Crippen LogP contribution in [0.25, 0.3) is 0 Å². The topological polar surface area (TPSA) is 72.0 Å². The zero-order chi connectivity index (χ0) is 15.5. The van der Waals surface area contributed by atoms with Gasteiger partial charge in [-0.05, 0) is 24.8 Å². The molecule has 0 bridgehead atoms. The Balaban J connectivity index is 1.69. The van der Waals surface area contributed by atoms with Crippen LogP contribution in [0.2, 0.25) is 0 Å². The van der Waals surface area contributed by atoms with Crippen molar-refractivity contribution in [2.75, 3.05) is 37.4 Å². The minimum Gasteiger partial charge on any atom is -0.385 e. The fourth-order valence-corrected chi connectivity index (χ4v) is 2.03. The van der Waals surface area contributed by atoms with Crippen LogP contribution in [0, 0.1) is 0 Å². The van der Waals surface area contributed by atoms with Gasteiger partial charge < -0.3 is 15.4 Å². The number of rotatable bonds is 10. The first-order chi connectivity index (χ1) is 10.9. The van der Waals surface area contributed by atoms with E-state index >= 15 is 0 Å². The lowest BCUT2D eigenvalue weighted by atomic mass is 10.1. The maximum atomic E-state index is 5.00. The molecule has 0 atom stereocenters. The van der Waals surface area contributed by atoms with Crippen LogP contribution in [-0.4, -0.2) is 42.0 Å². The Morgan fingerprint density at radius 1 is 1.05 bits per heavy atom. The molecule has 2 rings (SSSR count). The average molecular weight is 301 g/mol. The van der Waals surface area contributed by atoms with Crippen LogP contribution in [-0.2, 0) is 11.2 Å². The maximum absolute atomic E-state index is 5.00. The van der Waals surface area contributed by atoms with Crippen LogP contribution in [0.15, 0.2) is 36.5 Å². The molecule has 1 aromatic carbocycles. The van der Waals surface area contributed by atoms with E-state index in [4.69, 9.17) is 4.74 Å². The summed E-state index contributed by atoms with van der Waals surface area (Å²) in [5.41, 5.74) is 1.34.